The summed E-state index contributed by atoms with van der Waals surface area (Å²) in [6, 6.07) is 4.32. The Morgan fingerprint density at radius 1 is 1.12 bits per heavy atom. The minimum atomic E-state index is -3.17. The third-order valence-electron chi connectivity index (χ3n) is 6.54. The van der Waals surface area contributed by atoms with E-state index in [9.17, 15) is 8.42 Å². The molecule has 0 aliphatic carbocycles. The Morgan fingerprint density at radius 2 is 1.91 bits per heavy atom. The van der Waals surface area contributed by atoms with Crippen LogP contribution in [0.4, 0.5) is 11.6 Å². The number of likely N-dealkylation sites (N-methyl/N-ethyl adjacent to an activating group) is 1. The molecule has 1 N–H and O–H groups in total. The normalized spacial score (nSPS) is 18.4. The zero-order valence-corrected chi connectivity index (χ0v) is 20.0. The minimum absolute atomic E-state index is 0.0945. The van der Waals surface area contributed by atoms with Crippen LogP contribution in [0.1, 0.15) is 30.0 Å². The Balaban J connectivity index is 1.41. The molecule has 10 nitrogen and oxygen atoms in total. The van der Waals surface area contributed by atoms with Crippen molar-refractivity contribution < 1.29 is 13.2 Å². The number of nitrogens with one attached hydrogen (secondary N) is 1. The maximum absolute atomic E-state index is 11.8. The number of nitrogens with zero attached hydrogens (tertiary/aromatic N) is 6. The van der Waals surface area contributed by atoms with E-state index in [0.29, 0.717) is 31.9 Å². The molecule has 1 aromatic carbocycles. The number of methoxy groups -OCH3 is 1. The molecule has 2 aliphatic rings. The number of benzene rings is 1. The number of hydrogen-bond donors (Lipinski definition) is 1. The fourth-order valence-electron chi connectivity index (χ4n) is 4.70. The SMILES string of the molecule is COc1cc2c(cc1Nc1ncc3cnn(C4CCN(S(C)(=O)=O)CC4)c3n1)CN(C)CC2. The van der Waals surface area contributed by atoms with Crippen LogP contribution in [-0.2, 0) is 23.0 Å². The molecule has 33 heavy (non-hydrogen) atoms. The average molecular weight is 472 g/mol. The molecule has 4 heterocycles. The first-order chi connectivity index (χ1) is 15.8. The second-order valence-electron chi connectivity index (χ2n) is 8.89. The highest BCUT2D eigenvalue weighted by molar-refractivity contribution is 7.88. The standard InChI is InChI=1S/C22H29N7O3S/c1-27-7-4-15-11-20(32-2)19(10-16(15)14-27)25-22-23-12-17-13-24-29(21(17)26-22)18-5-8-28(9-6-18)33(3,30)31/h10-13,18H,4-9,14H2,1-3H3,(H,23,25,26). The van der Waals surface area contributed by atoms with E-state index in [1.54, 1.807) is 19.5 Å². The van der Waals surface area contributed by atoms with Crippen molar-refractivity contribution in [3.05, 3.63) is 35.7 Å². The topological polar surface area (TPSA) is 105 Å². The van der Waals surface area contributed by atoms with Crippen molar-refractivity contribution in [3.8, 4) is 5.75 Å². The first kappa shape index (κ1) is 22.1. The largest absolute Gasteiger partial charge is 0.495 e. The molecule has 2 aliphatic heterocycles. The monoisotopic (exact) mass is 471 g/mol. The van der Waals surface area contributed by atoms with E-state index in [4.69, 9.17) is 9.72 Å². The molecule has 0 bridgehead atoms. The van der Waals surface area contributed by atoms with E-state index in [1.807, 2.05) is 4.68 Å². The number of rotatable bonds is 5. The lowest BCUT2D eigenvalue weighted by Gasteiger charge is -2.30. The number of anilines is 2. The third-order valence-corrected chi connectivity index (χ3v) is 7.85. The zero-order chi connectivity index (χ0) is 23.2. The van der Waals surface area contributed by atoms with Gasteiger partial charge in [0.25, 0.3) is 0 Å². The van der Waals surface area contributed by atoms with E-state index in [2.05, 4.69) is 39.5 Å². The van der Waals surface area contributed by atoms with Gasteiger partial charge in [-0.2, -0.15) is 10.1 Å². The van der Waals surface area contributed by atoms with Crippen molar-refractivity contribution in [3.63, 3.8) is 0 Å². The molecule has 0 spiro atoms. The Hall–Kier alpha value is -2.76. The number of aromatic nitrogens is 4. The highest BCUT2D eigenvalue weighted by atomic mass is 32.2. The molecule has 0 saturated carbocycles. The van der Waals surface area contributed by atoms with Crippen LogP contribution in [0.15, 0.2) is 24.5 Å². The van der Waals surface area contributed by atoms with Gasteiger partial charge in [0, 0.05) is 32.4 Å². The predicted molar refractivity (Wildman–Crippen MR) is 126 cm³/mol. The molecule has 0 amide bonds. The van der Waals surface area contributed by atoms with Crippen LogP contribution in [0.2, 0.25) is 0 Å². The van der Waals surface area contributed by atoms with Gasteiger partial charge < -0.3 is 15.0 Å². The van der Waals surface area contributed by atoms with Crippen molar-refractivity contribution in [1.29, 1.82) is 0 Å². The number of ether oxygens (including phenoxy) is 1. The fraction of sp³-hybridized carbons (Fsp3) is 0.500. The predicted octanol–water partition coefficient (Wildman–Crippen LogP) is 2.16. The summed E-state index contributed by atoms with van der Waals surface area (Å²) in [5, 5.41) is 8.73. The number of piperidine rings is 1. The molecule has 0 unspecified atom stereocenters. The number of hydrogen-bond acceptors (Lipinski definition) is 8. The lowest BCUT2D eigenvalue weighted by atomic mass is 9.99. The summed E-state index contributed by atoms with van der Waals surface area (Å²) >= 11 is 0. The number of sulfonamides is 1. The summed E-state index contributed by atoms with van der Waals surface area (Å²) in [5.74, 6) is 1.24. The van der Waals surface area contributed by atoms with Crippen molar-refractivity contribution in [1.82, 2.24) is 29.0 Å². The molecule has 2 aromatic heterocycles. The second-order valence-corrected chi connectivity index (χ2v) is 10.9. The quantitative estimate of drug-likeness (QED) is 0.604. The summed E-state index contributed by atoms with van der Waals surface area (Å²) in [5.41, 5.74) is 4.15. The molecule has 1 saturated heterocycles. The molecule has 0 atom stereocenters. The maximum atomic E-state index is 11.8. The second kappa shape index (κ2) is 8.54. The van der Waals surface area contributed by atoms with Crippen LogP contribution in [0.5, 0.6) is 5.75 Å². The highest BCUT2D eigenvalue weighted by Crippen LogP contribution is 2.33. The van der Waals surface area contributed by atoms with Crippen LogP contribution in [0.3, 0.4) is 0 Å². The Morgan fingerprint density at radius 3 is 2.64 bits per heavy atom. The summed E-state index contributed by atoms with van der Waals surface area (Å²) < 4.78 is 32.7. The van der Waals surface area contributed by atoms with E-state index < -0.39 is 10.0 Å². The van der Waals surface area contributed by atoms with Crippen LogP contribution >= 0.6 is 0 Å². The Kier molecular flexibility index (Phi) is 5.71. The van der Waals surface area contributed by atoms with Crippen molar-refractivity contribution in [2.75, 3.05) is 45.4 Å². The summed E-state index contributed by atoms with van der Waals surface area (Å²) in [6.07, 6.45) is 7.18. The van der Waals surface area contributed by atoms with Crippen LogP contribution in [0.25, 0.3) is 11.0 Å². The number of fused-ring (bicyclic) bond motifs is 2. The van der Waals surface area contributed by atoms with E-state index >= 15 is 0 Å². The van der Waals surface area contributed by atoms with Gasteiger partial charge in [0.05, 0.1) is 36.7 Å². The zero-order valence-electron chi connectivity index (χ0n) is 19.2. The molecular weight excluding hydrogens is 442 g/mol. The smallest absolute Gasteiger partial charge is 0.229 e. The first-order valence-electron chi connectivity index (χ1n) is 11.1. The van der Waals surface area contributed by atoms with Gasteiger partial charge in [0.2, 0.25) is 16.0 Å². The van der Waals surface area contributed by atoms with Crippen LogP contribution in [0, 0.1) is 0 Å². The molecule has 0 radical (unpaired) electrons. The lowest BCUT2D eigenvalue weighted by Crippen LogP contribution is -2.38. The molecular formula is C22H29N7O3S. The van der Waals surface area contributed by atoms with Crippen molar-refractivity contribution >= 4 is 32.7 Å². The van der Waals surface area contributed by atoms with Crippen molar-refractivity contribution in [2.45, 2.75) is 31.8 Å². The first-order valence-corrected chi connectivity index (χ1v) is 13.0. The van der Waals surface area contributed by atoms with Gasteiger partial charge in [0.1, 0.15) is 5.75 Å². The van der Waals surface area contributed by atoms with Gasteiger partial charge in [-0.25, -0.2) is 22.4 Å². The molecule has 3 aromatic rings. The van der Waals surface area contributed by atoms with Gasteiger partial charge >= 0.3 is 0 Å². The van der Waals surface area contributed by atoms with Gasteiger partial charge in [-0.1, -0.05) is 0 Å². The lowest BCUT2D eigenvalue weighted by molar-refractivity contribution is 0.266. The van der Waals surface area contributed by atoms with Gasteiger partial charge in [-0.3, -0.25) is 0 Å². The van der Waals surface area contributed by atoms with Crippen molar-refractivity contribution in [2.24, 2.45) is 0 Å². The van der Waals surface area contributed by atoms with Crippen LogP contribution < -0.4 is 10.1 Å². The Labute approximate surface area is 193 Å². The summed E-state index contributed by atoms with van der Waals surface area (Å²) in [6.45, 7) is 2.91. The summed E-state index contributed by atoms with van der Waals surface area (Å²) in [4.78, 5) is 11.5. The van der Waals surface area contributed by atoms with E-state index in [1.165, 1.54) is 21.7 Å². The molecule has 176 valence electrons. The van der Waals surface area contributed by atoms with Gasteiger partial charge in [-0.05, 0) is 49.6 Å². The van der Waals surface area contributed by atoms with Gasteiger partial charge in [-0.15, -0.1) is 0 Å². The molecule has 11 heteroatoms. The minimum Gasteiger partial charge on any atom is -0.495 e. The molecule has 5 rings (SSSR count). The van der Waals surface area contributed by atoms with E-state index in [-0.39, 0.29) is 6.04 Å². The van der Waals surface area contributed by atoms with Crippen LogP contribution in [-0.4, -0.2) is 77.4 Å². The fourth-order valence-corrected chi connectivity index (χ4v) is 5.57. The van der Waals surface area contributed by atoms with Gasteiger partial charge in [0.15, 0.2) is 5.65 Å². The Bertz CT molecular complexity index is 1280. The third kappa shape index (κ3) is 4.40. The maximum Gasteiger partial charge on any atom is 0.229 e. The average Bonchev–Trinajstić information content (AvgIpc) is 3.21. The van der Waals surface area contributed by atoms with E-state index in [0.717, 1.165) is 42.0 Å². The summed E-state index contributed by atoms with van der Waals surface area (Å²) in [7, 11) is 0.629. The highest BCUT2D eigenvalue weighted by Gasteiger charge is 2.27. The molecule has 1 fully saturated rings.